The Morgan fingerprint density at radius 1 is 1.36 bits per heavy atom. The Kier molecular flexibility index (Phi) is 3.57. The molecule has 0 bridgehead atoms. The van der Waals surface area contributed by atoms with E-state index >= 15 is 0 Å². The van der Waals surface area contributed by atoms with E-state index in [9.17, 15) is 5.11 Å². The van der Waals surface area contributed by atoms with Crippen molar-refractivity contribution in [1.82, 2.24) is 20.2 Å². The van der Waals surface area contributed by atoms with Crippen LogP contribution in [0.15, 0.2) is 0 Å². The highest BCUT2D eigenvalue weighted by Gasteiger charge is 2.27. The van der Waals surface area contributed by atoms with E-state index < -0.39 is 0 Å². The highest BCUT2D eigenvalue weighted by Crippen LogP contribution is 2.28. The summed E-state index contributed by atoms with van der Waals surface area (Å²) in [4.78, 5) is 1.45. The lowest BCUT2D eigenvalue weighted by Gasteiger charge is -2.27. The zero-order valence-electron chi connectivity index (χ0n) is 9.06. The van der Waals surface area contributed by atoms with Crippen LogP contribution < -0.4 is 0 Å². The Morgan fingerprint density at radius 3 is 2.36 bits per heavy atom. The van der Waals surface area contributed by atoms with Gasteiger partial charge >= 0.3 is 0 Å². The van der Waals surface area contributed by atoms with E-state index in [1.54, 1.807) is 7.05 Å². The van der Waals surface area contributed by atoms with Gasteiger partial charge in [-0.3, -0.25) is 0 Å². The van der Waals surface area contributed by atoms with Crippen molar-refractivity contribution in [1.29, 1.82) is 0 Å². The summed E-state index contributed by atoms with van der Waals surface area (Å²) in [6.45, 7) is 4.34. The molecule has 80 valence electrons. The lowest BCUT2D eigenvalue weighted by atomic mass is 9.80. The largest absolute Gasteiger partial charge is 0.396 e. The van der Waals surface area contributed by atoms with Gasteiger partial charge in [0.1, 0.15) is 0 Å². The van der Waals surface area contributed by atoms with Crippen molar-refractivity contribution in [3.8, 4) is 0 Å². The first-order valence-corrected chi connectivity index (χ1v) is 4.99. The average molecular weight is 198 g/mol. The van der Waals surface area contributed by atoms with E-state index in [0.29, 0.717) is 12.2 Å². The van der Waals surface area contributed by atoms with E-state index in [1.807, 2.05) is 0 Å². The topological polar surface area (TPSA) is 63.8 Å². The normalized spacial score (nSPS) is 12.0. The fraction of sp³-hybridized carbons (Fsp3) is 0.889. The molecule has 5 heteroatoms. The number of hydrogen-bond donors (Lipinski definition) is 1. The molecule has 0 aromatic carbocycles. The second kappa shape index (κ2) is 4.50. The predicted octanol–water partition coefficient (Wildman–Crippen LogP) is 0.551. The van der Waals surface area contributed by atoms with Gasteiger partial charge in [0.15, 0.2) is 5.82 Å². The second-order valence-corrected chi connectivity index (χ2v) is 3.74. The second-order valence-electron chi connectivity index (χ2n) is 3.74. The van der Waals surface area contributed by atoms with Crippen molar-refractivity contribution in [2.24, 2.45) is 12.5 Å². The SMILES string of the molecule is CCC(CC)(CO)Cc1nnn(C)n1. The third-order valence-corrected chi connectivity index (χ3v) is 2.92. The van der Waals surface area contributed by atoms with E-state index in [-0.39, 0.29) is 12.0 Å². The van der Waals surface area contributed by atoms with Crippen LogP contribution in [0.4, 0.5) is 0 Å². The molecule has 1 aromatic rings. The van der Waals surface area contributed by atoms with Gasteiger partial charge < -0.3 is 5.11 Å². The standard InChI is InChI=1S/C9H18N4O/c1-4-9(5-2,7-14)6-8-10-12-13(3)11-8/h14H,4-7H2,1-3H3. The van der Waals surface area contributed by atoms with Crippen LogP contribution in [0.5, 0.6) is 0 Å². The van der Waals surface area contributed by atoms with Crippen molar-refractivity contribution < 1.29 is 5.11 Å². The molecule has 0 saturated carbocycles. The maximum Gasteiger partial charge on any atom is 0.175 e. The zero-order chi connectivity index (χ0) is 10.6. The molecule has 1 heterocycles. The maximum absolute atomic E-state index is 9.36. The van der Waals surface area contributed by atoms with Gasteiger partial charge in [0, 0.05) is 18.4 Å². The molecule has 1 aromatic heterocycles. The summed E-state index contributed by atoms with van der Waals surface area (Å²) in [6, 6.07) is 0. The highest BCUT2D eigenvalue weighted by atomic mass is 16.3. The molecular weight excluding hydrogens is 180 g/mol. The monoisotopic (exact) mass is 198 g/mol. The molecule has 1 N–H and O–H groups in total. The van der Waals surface area contributed by atoms with Crippen LogP contribution in [0.25, 0.3) is 0 Å². The molecule has 0 atom stereocenters. The quantitative estimate of drug-likeness (QED) is 0.750. The van der Waals surface area contributed by atoms with E-state index in [4.69, 9.17) is 0 Å². The van der Waals surface area contributed by atoms with Crippen LogP contribution in [-0.4, -0.2) is 31.9 Å². The number of aromatic nitrogens is 4. The number of hydrogen-bond acceptors (Lipinski definition) is 4. The molecule has 0 amide bonds. The van der Waals surface area contributed by atoms with E-state index in [2.05, 4.69) is 29.3 Å². The first-order chi connectivity index (χ1) is 6.65. The van der Waals surface area contributed by atoms with Gasteiger partial charge in [0.05, 0.1) is 7.05 Å². The van der Waals surface area contributed by atoms with Gasteiger partial charge in [-0.05, 0) is 18.1 Å². The smallest absolute Gasteiger partial charge is 0.175 e. The minimum atomic E-state index is -0.0803. The van der Waals surface area contributed by atoms with Gasteiger partial charge in [0.2, 0.25) is 0 Å². The minimum Gasteiger partial charge on any atom is -0.396 e. The summed E-state index contributed by atoms with van der Waals surface area (Å²) < 4.78 is 0. The maximum atomic E-state index is 9.36. The van der Waals surface area contributed by atoms with Crippen LogP contribution in [0.2, 0.25) is 0 Å². The van der Waals surface area contributed by atoms with Crippen molar-refractivity contribution in [3.63, 3.8) is 0 Å². The molecule has 5 nitrogen and oxygen atoms in total. The first-order valence-electron chi connectivity index (χ1n) is 4.99. The Bertz CT molecular complexity index is 272. The zero-order valence-corrected chi connectivity index (χ0v) is 9.06. The minimum absolute atomic E-state index is 0.0803. The first kappa shape index (κ1) is 11.1. The fourth-order valence-corrected chi connectivity index (χ4v) is 1.51. The van der Waals surface area contributed by atoms with Gasteiger partial charge in [-0.1, -0.05) is 13.8 Å². The third-order valence-electron chi connectivity index (χ3n) is 2.92. The van der Waals surface area contributed by atoms with Crippen LogP contribution in [0.3, 0.4) is 0 Å². The van der Waals surface area contributed by atoms with Gasteiger partial charge in [-0.2, -0.15) is 4.80 Å². The number of aliphatic hydroxyl groups is 1. The molecule has 1 rings (SSSR count). The van der Waals surface area contributed by atoms with Crippen LogP contribution in [-0.2, 0) is 13.5 Å². The fourth-order valence-electron chi connectivity index (χ4n) is 1.51. The number of aryl methyl sites for hydroxylation is 1. The van der Waals surface area contributed by atoms with Gasteiger partial charge in [-0.15, -0.1) is 10.2 Å². The van der Waals surface area contributed by atoms with E-state index in [1.165, 1.54) is 4.80 Å². The molecule has 0 spiro atoms. The summed E-state index contributed by atoms with van der Waals surface area (Å²) in [5, 5.41) is 21.2. The third kappa shape index (κ3) is 2.29. The van der Waals surface area contributed by atoms with E-state index in [0.717, 1.165) is 12.8 Å². The number of tetrazole rings is 1. The van der Waals surface area contributed by atoms with Crippen molar-refractivity contribution in [2.75, 3.05) is 6.61 Å². The summed E-state index contributed by atoms with van der Waals surface area (Å²) >= 11 is 0. The summed E-state index contributed by atoms with van der Waals surface area (Å²) in [5.74, 6) is 0.713. The highest BCUT2D eigenvalue weighted by molar-refractivity contribution is 4.89. The molecular formula is C9H18N4O. The van der Waals surface area contributed by atoms with Crippen molar-refractivity contribution in [3.05, 3.63) is 5.82 Å². The van der Waals surface area contributed by atoms with Crippen molar-refractivity contribution >= 4 is 0 Å². The van der Waals surface area contributed by atoms with Crippen LogP contribution >= 0.6 is 0 Å². The number of aliphatic hydroxyl groups excluding tert-OH is 1. The Morgan fingerprint density at radius 2 is 2.00 bits per heavy atom. The lowest BCUT2D eigenvalue weighted by Crippen LogP contribution is -2.27. The molecule has 0 unspecified atom stereocenters. The Balaban J connectivity index is 2.73. The lowest BCUT2D eigenvalue weighted by molar-refractivity contribution is 0.113. The predicted molar refractivity (Wildman–Crippen MR) is 52.6 cm³/mol. The number of nitrogens with zero attached hydrogens (tertiary/aromatic N) is 4. The Labute approximate surface area is 84.1 Å². The summed E-state index contributed by atoms with van der Waals surface area (Å²) in [5.41, 5.74) is -0.0803. The van der Waals surface area contributed by atoms with Gasteiger partial charge in [0.25, 0.3) is 0 Å². The molecule has 0 fully saturated rings. The summed E-state index contributed by atoms with van der Waals surface area (Å²) in [7, 11) is 1.75. The molecule has 0 aliphatic rings. The molecule has 0 aliphatic carbocycles. The van der Waals surface area contributed by atoms with Crippen molar-refractivity contribution in [2.45, 2.75) is 33.1 Å². The molecule has 0 radical (unpaired) electrons. The van der Waals surface area contributed by atoms with Crippen LogP contribution in [0, 0.1) is 5.41 Å². The average Bonchev–Trinajstić information content (AvgIpc) is 2.61. The molecule has 14 heavy (non-hydrogen) atoms. The number of rotatable bonds is 5. The Hall–Kier alpha value is -0.970. The summed E-state index contributed by atoms with van der Waals surface area (Å²) in [6.07, 6.45) is 2.56. The van der Waals surface area contributed by atoms with Gasteiger partial charge in [-0.25, -0.2) is 0 Å². The molecule has 0 aliphatic heterocycles. The molecule has 0 saturated heterocycles. The van der Waals surface area contributed by atoms with Crippen LogP contribution in [0.1, 0.15) is 32.5 Å².